The number of aromatic nitrogens is 6. The Morgan fingerprint density at radius 3 is 2.76 bits per heavy atom. The highest BCUT2D eigenvalue weighted by atomic mass is 16.2. The van der Waals surface area contributed by atoms with Crippen LogP contribution in [-0.4, -0.2) is 35.6 Å². The Morgan fingerprint density at radius 2 is 1.97 bits per heavy atom. The molecular weight excluding hydrogens is 370 g/mol. The maximum absolute atomic E-state index is 12.7. The van der Waals surface area contributed by atoms with Gasteiger partial charge in [-0.05, 0) is 25.5 Å². The van der Waals surface area contributed by atoms with E-state index >= 15 is 0 Å². The normalized spacial score (nSPS) is 11.0. The molecule has 146 valence electrons. The third-order valence-corrected chi connectivity index (χ3v) is 4.24. The van der Waals surface area contributed by atoms with Gasteiger partial charge in [-0.1, -0.05) is 25.5 Å². The minimum atomic E-state index is -0.434. The minimum Gasteiger partial charge on any atom is -0.305 e. The van der Waals surface area contributed by atoms with Gasteiger partial charge in [-0.15, -0.1) is 0 Å². The molecule has 0 aliphatic heterocycles. The van der Waals surface area contributed by atoms with E-state index < -0.39 is 5.91 Å². The number of aryl methyl sites for hydroxylation is 2. The lowest BCUT2D eigenvalue weighted by Gasteiger charge is -2.09. The highest BCUT2D eigenvalue weighted by molar-refractivity contribution is 6.03. The van der Waals surface area contributed by atoms with E-state index in [0.717, 1.165) is 6.42 Å². The first-order valence-corrected chi connectivity index (χ1v) is 9.24. The summed E-state index contributed by atoms with van der Waals surface area (Å²) in [5.74, 6) is 0.185. The number of amides is 1. The number of fused-ring (bicyclic) bond motifs is 1. The lowest BCUT2D eigenvalue weighted by Crippen LogP contribution is -2.20. The molecule has 0 aliphatic rings. The van der Waals surface area contributed by atoms with Crippen LogP contribution in [0, 0.1) is 6.92 Å². The second-order valence-electron chi connectivity index (χ2n) is 6.59. The third kappa shape index (κ3) is 3.88. The van der Waals surface area contributed by atoms with Crippen molar-refractivity contribution >= 4 is 22.8 Å². The molecule has 0 saturated heterocycles. The molecule has 4 rings (SSSR count). The fraction of sp³-hybridized carbons (Fsp3) is 0.200. The topological polar surface area (TPSA) is 118 Å². The van der Waals surface area contributed by atoms with Gasteiger partial charge in [0.15, 0.2) is 0 Å². The fourth-order valence-electron chi connectivity index (χ4n) is 2.98. The van der Waals surface area contributed by atoms with Gasteiger partial charge >= 0.3 is 0 Å². The van der Waals surface area contributed by atoms with E-state index in [-0.39, 0.29) is 17.2 Å². The molecule has 0 aliphatic carbocycles. The van der Waals surface area contributed by atoms with Crippen LogP contribution in [0.3, 0.4) is 0 Å². The van der Waals surface area contributed by atoms with Crippen molar-refractivity contribution in [2.24, 2.45) is 0 Å². The highest BCUT2D eigenvalue weighted by Gasteiger charge is 2.16. The Bertz CT molecular complexity index is 1260. The number of carbonyl (C=O) groups is 1. The average Bonchev–Trinajstić information content (AvgIpc) is 3.07. The molecule has 9 heteroatoms. The summed E-state index contributed by atoms with van der Waals surface area (Å²) in [7, 11) is 0. The number of H-pyrrole nitrogens is 1. The molecule has 0 bridgehead atoms. The van der Waals surface area contributed by atoms with E-state index in [2.05, 4.69) is 30.4 Å². The number of hydrogen-bond acceptors (Lipinski definition) is 6. The summed E-state index contributed by atoms with van der Waals surface area (Å²) >= 11 is 0. The number of nitrogens with one attached hydrogen (secondary N) is 2. The van der Waals surface area contributed by atoms with E-state index in [1.54, 1.807) is 19.1 Å². The molecule has 4 aromatic rings. The van der Waals surface area contributed by atoms with Crippen molar-refractivity contribution in [2.75, 3.05) is 5.32 Å². The van der Waals surface area contributed by atoms with Crippen LogP contribution in [0.5, 0.6) is 0 Å². The van der Waals surface area contributed by atoms with Gasteiger partial charge in [0, 0.05) is 17.8 Å². The third-order valence-electron chi connectivity index (χ3n) is 4.24. The van der Waals surface area contributed by atoms with Crippen LogP contribution in [0.2, 0.25) is 0 Å². The number of nitrogens with zero attached hydrogens (tertiary/aromatic N) is 5. The van der Waals surface area contributed by atoms with Crippen LogP contribution in [0.15, 0.2) is 47.4 Å². The molecule has 29 heavy (non-hydrogen) atoms. The number of rotatable bonds is 5. The van der Waals surface area contributed by atoms with Crippen LogP contribution in [0.25, 0.3) is 17.0 Å². The molecule has 0 fully saturated rings. The summed E-state index contributed by atoms with van der Waals surface area (Å²) in [6.45, 7) is 3.80. The number of carbonyl (C=O) groups excluding carboxylic acids is 1. The summed E-state index contributed by atoms with van der Waals surface area (Å²) < 4.78 is 1.41. The Kier molecular flexibility index (Phi) is 4.86. The van der Waals surface area contributed by atoms with Crippen molar-refractivity contribution in [1.82, 2.24) is 29.7 Å². The maximum atomic E-state index is 12.7. The van der Waals surface area contributed by atoms with E-state index in [1.165, 1.54) is 16.9 Å². The molecule has 3 heterocycles. The van der Waals surface area contributed by atoms with Gasteiger partial charge < -0.3 is 5.32 Å². The van der Waals surface area contributed by atoms with E-state index in [0.29, 0.717) is 34.7 Å². The zero-order chi connectivity index (χ0) is 20.4. The van der Waals surface area contributed by atoms with Crippen molar-refractivity contribution in [3.63, 3.8) is 0 Å². The van der Waals surface area contributed by atoms with Crippen molar-refractivity contribution in [3.8, 4) is 5.95 Å². The molecule has 1 amide bonds. The second-order valence-corrected chi connectivity index (χ2v) is 6.59. The van der Waals surface area contributed by atoms with Crippen LogP contribution >= 0.6 is 0 Å². The first-order valence-electron chi connectivity index (χ1n) is 9.24. The molecule has 0 unspecified atom stereocenters. The fourth-order valence-corrected chi connectivity index (χ4v) is 2.98. The molecule has 9 nitrogen and oxygen atoms in total. The van der Waals surface area contributed by atoms with E-state index in [1.807, 2.05) is 25.1 Å². The van der Waals surface area contributed by atoms with Crippen LogP contribution in [-0.2, 0) is 6.42 Å². The van der Waals surface area contributed by atoms with Crippen LogP contribution in [0.1, 0.15) is 35.2 Å². The Morgan fingerprint density at radius 1 is 1.17 bits per heavy atom. The molecule has 0 radical (unpaired) electrons. The lowest BCUT2D eigenvalue weighted by molar-refractivity contribution is 0.102. The molecule has 3 aromatic heterocycles. The zero-order valence-electron chi connectivity index (χ0n) is 16.0. The summed E-state index contributed by atoms with van der Waals surface area (Å²) in [6, 6.07) is 10.5. The van der Waals surface area contributed by atoms with Gasteiger partial charge in [0.25, 0.3) is 11.5 Å². The highest BCUT2D eigenvalue weighted by Crippen LogP contribution is 2.16. The SMILES string of the molecule is CCCc1cc(=O)[nH]c(-n2nc(C)cc2NC(=O)c2cnc3ccccc3n2)n1. The van der Waals surface area contributed by atoms with Crippen molar-refractivity contribution in [1.29, 1.82) is 0 Å². The number of aromatic amines is 1. The smallest absolute Gasteiger partial charge is 0.277 e. The number of anilines is 1. The average molecular weight is 389 g/mol. The predicted octanol–water partition coefficient (Wildman–Crippen LogP) is 2.41. The molecule has 0 saturated carbocycles. The first kappa shape index (κ1) is 18.5. The van der Waals surface area contributed by atoms with Gasteiger partial charge in [-0.25, -0.2) is 9.97 Å². The van der Waals surface area contributed by atoms with E-state index in [9.17, 15) is 9.59 Å². The molecule has 0 atom stereocenters. The van der Waals surface area contributed by atoms with Gasteiger partial charge in [0.1, 0.15) is 11.5 Å². The van der Waals surface area contributed by atoms with Crippen molar-refractivity contribution in [2.45, 2.75) is 26.7 Å². The Balaban J connectivity index is 1.68. The minimum absolute atomic E-state index is 0.176. The summed E-state index contributed by atoms with van der Waals surface area (Å²) in [4.78, 5) is 40.5. The Hall–Kier alpha value is -3.88. The largest absolute Gasteiger partial charge is 0.305 e. The molecular formula is C20H19N7O2. The monoisotopic (exact) mass is 389 g/mol. The van der Waals surface area contributed by atoms with E-state index in [4.69, 9.17) is 0 Å². The number of para-hydroxylation sites is 2. The van der Waals surface area contributed by atoms with Gasteiger partial charge in [0.05, 0.1) is 22.9 Å². The summed E-state index contributed by atoms with van der Waals surface area (Å²) in [5, 5.41) is 7.13. The molecule has 0 spiro atoms. The standard InChI is InChI=1S/C20H19N7O2/c1-3-6-13-10-18(28)25-20(22-13)27-17(9-12(2)26-27)24-19(29)16-11-21-14-7-4-5-8-15(14)23-16/h4-5,7-11H,3,6H2,1-2H3,(H,24,29)(H,22,25,28). The van der Waals surface area contributed by atoms with Crippen molar-refractivity contribution < 1.29 is 4.79 Å². The van der Waals surface area contributed by atoms with Crippen molar-refractivity contribution in [3.05, 3.63) is 70.0 Å². The van der Waals surface area contributed by atoms with Crippen LogP contribution < -0.4 is 10.9 Å². The predicted molar refractivity (Wildman–Crippen MR) is 108 cm³/mol. The number of benzene rings is 1. The number of hydrogen-bond donors (Lipinski definition) is 2. The van der Waals surface area contributed by atoms with Crippen LogP contribution in [0.4, 0.5) is 5.82 Å². The summed E-state index contributed by atoms with van der Waals surface area (Å²) in [5.41, 5.74) is 2.56. The lowest BCUT2D eigenvalue weighted by atomic mass is 10.2. The molecule has 1 aromatic carbocycles. The van der Waals surface area contributed by atoms with Gasteiger partial charge in [0.2, 0.25) is 5.95 Å². The second kappa shape index (κ2) is 7.63. The Labute approximate surface area is 165 Å². The van der Waals surface area contributed by atoms with Gasteiger partial charge in [-0.2, -0.15) is 9.78 Å². The first-order chi connectivity index (χ1) is 14.0. The van der Waals surface area contributed by atoms with Gasteiger partial charge in [-0.3, -0.25) is 19.6 Å². The molecule has 2 N–H and O–H groups in total. The summed E-state index contributed by atoms with van der Waals surface area (Å²) in [6.07, 6.45) is 2.96. The zero-order valence-corrected chi connectivity index (χ0v) is 16.0. The quantitative estimate of drug-likeness (QED) is 0.541. The maximum Gasteiger partial charge on any atom is 0.277 e.